The van der Waals surface area contributed by atoms with Crippen LogP contribution in [-0.2, 0) is 4.79 Å². The van der Waals surface area contributed by atoms with Crippen LogP contribution in [0, 0.1) is 0 Å². The number of amides is 1. The SMILES string of the molecule is CCCCCC(O)(CCCCC)C(=O)NNc1ccc2ccccc2n1. The highest BCUT2D eigenvalue weighted by molar-refractivity contribution is 5.86. The number of aromatic nitrogens is 1. The van der Waals surface area contributed by atoms with Gasteiger partial charge in [-0.25, -0.2) is 4.98 Å². The van der Waals surface area contributed by atoms with Gasteiger partial charge in [-0.1, -0.05) is 70.6 Å². The number of fused-ring (bicyclic) bond motifs is 1. The molecule has 1 heterocycles. The molecule has 2 aromatic rings. The fourth-order valence-electron chi connectivity index (χ4n) is 3.06. The number of nitrogens with zero attached hydrogens (tertiary/aromatic N) is 1. The van der Waals surface area contributed by atoms with E-state index in [1.54, 1.807) is 0 Å². The van der Waals surface area contributed by atoms with Crippen LogP contribution in [0.25, 0.3) is 10.9 Å². The molecule has 5 heteroatoms. The number of benzene rings is 1. The normalized spacial score (nSPS) is 11.5. The van der Waals surface area contributed by atoms with Crippen molar-refractivity contribution >= 4 is 22.6 Å². The Hall–Kier alpha value is -2.14. The van der Waals surface area contributed by atoms with E-state index in [4.69, 9.17) is 0 Å². The van der Waals surface area contributed by atoms with Crippen molar-refractivity contribution < 1.29 is 9.90 Å². The maximum atomic E-state index is 12.6. The lowest BCUT2D eigenvalue weighted by atomic mass is 9.89. The number of hydrazine groups is 1. The molecule has 0 atom stereocenters. The Kier molecular flexibility index (Phi) is 7.85. The quantitative estimate of drug-likeness (QED) is 0.407. The molecular weight excluding hydrogens is 326 g/mol. The molecule has 3 N–H and O–H groups in total. The van der Waals surface area contributed by atoms with Gasteiger partial charge < -0.3 is 5.11 Å². The number of carbonyl (C=O) groups excluding carboxylic acids is 1. The molecule has 0 aliphatic heterocycles. The molecule has 1 aromatic carbocycles. The van der Waals surface area contributed by atoms with Gasteiger partial charge in [-0.15, -0.1) is 0 Å². The van der Waals surface area contributed by atoms with Crippen molar-refractivity contribution in [2.45, 2.75) is 70.8 Å². The number of hydrogen-bond acceptors (Lipinski definition) is 4. The second kappa shape index (κ2) is 10.1. The van der Waals surface area contributed by atoms with Gasteiger partial charge >= 0.3 is 0 Å². The van der Waals surface area contributed by atoms with Crippen LogP contribution in [0.3, 0.4) is 0 Å². The molecule has 0 fully saturated rings. The van der Waals surface area contributed by atoms with Crippen molar-refractivity contribution in [1.29, 1.82) is 0 Å². The number of para-hydroxylation sites is 1. The van der Waals surface area contributed by atoms with Crippen molar-refractivity contribution in [1.82, 2.24) is 10.4 Å². The molecule has 1 aromatic heterocycles. The molecule has 0 saturated carbocycles. The van der Waals surface area contributed by atoms with Crippen LogP contribution >= 0.6 is 0 Å². The average molecular weight is 357 g/mol. The van der Waals surface area contributed by atoms with E-state index in [1.165, 1.54) is 0 Å². The summed E-state index contributed by atoms with van der Waals surface area (Å²) in [5.74, 6) is 0.182. The van der Waals surface area contributed by atoms with Crippen LogP contribution in [-0.4, -0.2) is 21.6 Å². The summed E-state index contributed by atoms with van der Waals surface area (Å²) in [6, 6.07) is 11.6. The zero-order valence-electron chi connectivity index (χ0n) is 15.9. The molecule has 0 bridgehead atoms. The molecule has 2 rings (SSSR count). The minimum absolute atomic E-state index is 0.375. The van der Waals surface area contributed by atoms with Crippen molar-refractivity contribution in [3.63, 3.8) is 0 Å². The van der Waals surface area contributed by atoms with Crippen molar-refractivity contribution in [3.8, 4) is 0 Å². The van der Waals surface area contributed by atoms with Gasteiger partial charge in [0.1, 0.15) is 11.4 Å². The van der Waals surface area contributed by atoms with Gasteiger partial charge in [0.05, 0.1) is 5.52 Å². The fraction of sp³-hybridized carbons (Fsp3) is 0.524. The molecule has 5 nitrogen and oxygen atoms in total. The number of pyridine rings is 1. The molecule has 142 valence electrons. The second-order valence-electron chi connectivity index (χ2n) is 6.91. The van der Waals surface area contributed by atoms with Gasteiger partial charge in [0.25, 0.3) is 5.91 Å². The van der Waals surface area contributed by atoms with Gasteiger partial charge in [-0.05, 0) is 31.0 Å². The van der Waals surface area contributed by atoms with Gasteiger partial charge in [0.2, 0.25) is 0 Å². The second-order valence-corrected chi connectivity index (χ2v) is 6.91. The summed E-state index contributed by atoms with van der Waals surface area (Å²) in [6.07, 6.45) is 6.83. The first kappa shape index (κ1) is 20.2. The van der Waals surface area contributed by atoms with Crippen LogP contribution in [0.5, 0.6) is 0 Å². The van der Waals surface area contributed by atoms with E-state index in [9.17, 15) is 9.90 Å². The molecule has 0 unspecified atom stereocenters. The first-order valence-corrected chi connectivity index (χ1v) is 9.73. The largest absolute Gasteiger partial charge is 0.380 e. The summed E-state index contributed by atoms with van der Waals surface area (Å²) in [5, 5.41) is 12.0. The molecule has 0 radical (unpaired) electrons. The maximum Gasteiger partial charge on any atom is 0.270 e. The number of hydrogen-bond donors (Lipinski definition) is 3. The highest BCUT2D eigenvalue weighted by Gasteiger charge is 2.34. The lowest BCUT2D eigenvalue weighted by Gasteiger charge is -2.27. The maximum absolute atomic E-state index is 12.6. The highest BCUT2D eigenvalue weighted by atomic mass is 16.3. The smallest absolute Gasteiger partial charge is 0.270 e. The summed E-state index contributed by atoms with van der Waals surface area (Å²) in [7, 11) is 0. The minimum Gasteiger partial charge on any atom is -0.380 e. The molecule has 0 saturated heterocycles. The van der Waals surface area contributed by atoms with E-state index in [1.807, 2.05) is 36.4 Å². The van der Waals surface area contributed by atoms with Gasteiger partial charge in [-0.3, -0.25) is 15.6 Å². The summed E-state index contributed by atoms with van der Waals surface area (Å²) in [5.41, 5.74) is 5.04. The molecule has 1 amide bonds. The lowest BCUT2D eigenvalue weighted by molar-refractivity contribution is -0.141. The number of carbonyl (C=O) groups is 1. The highest BCUT2D eigenvalue weighted by Crippen LogP contribution is 2.23. The topological polar surface area (TPSA) is 74.2 Å². The van der Waals surface area contributed by atoms with E-state index >= 15 is 0 Å². The van der Waals surface area contributed by atoms with Crippen molar-refractivity contribution in [2.75, 3.05) is 5.43 Å². The number of rotatable bonds is 11. The number of nitrogens with one attached hydrogen (secondary N) is 2. The van der Waals surface area contributed by atoms with Crippen LogP contribution in [0.1, 0.15) is 65.2 Å². The predicted octanol–water partition coefficient (Wildman–Crippen LogP) is 4.57. The monoisotopic (exact) mass is 357 g/mol. The average Bonchev–Trinajstić information content (AvgIpc) is 2.66. The summed E-state index contributed by atoms with van der Waals surface area (Å²) < 4.78 is 0. The van der Waals surface area contributed by atoms with E-state index in [0.29, 0.717) is 18.7 Å². The van der Waals surface area contributed by atoms with Gasteiger partial charge in [0.15, 0.2) is 0 Å². The van der Waals surface area contributed by atoms with Gasteiger partial charge in [0, 0.05) is 5.39 Å². The van der Waals surface area contributed by atoms with E-state index in [0.717, 1.165) is 49.4 Å². The Balaban J connectivity index is 1.99. The molecule has 0 aliphatic carbocycles. The Morgan fingerprint density at radius 2 is 1.65 bits per heavy atom. The zero-order chi connectivity index (χ0) is 18.8. The first-order valence-electron chi connectivity index (χ1n) is 9.73. The van der Waals surface area contributed by atoms with Crippen molar-refractivity contribution in [3.05, 3.63) is 36.4 Å². The van der Waals surface area contributed by atoms with Crippen molar-refractivity contribution in [2.24, 2.45) is 0 Å². The number of unbranched alkanes of at least 4 members (excludes halogenated alkanes) is 4. The summed E-state index contributed by atoms with van der Waals surface area (Å²) in [6.45, 7) is 4.23. The number of aliphatic hydroxyl groups is 1. The molecule has 0 spiro atoms. The predicted molar refractivity (Wildman–Crippen MR) is 107 cm³/mol. The number of anilines is 1. The molecule has 26 heavy (non-hydrogen) atoms. The van der Waals surface area contributed by atoms with E-state index in [2.05, 4.69) is 29.7 Å². The molecule has 0 aliphatic rings. The Morgan fingerprint density at radius 3 is 2.31 bits per heavy atom. The Labute approximate surface area is 156 Å². The summed E-state index contributed by atoms with van der Waals surface area (Å²) in [4.78, 5) is 17.1. The fourth-order valence-corrected chi connectivity index (χ4v) is 3.06. The van der Waals surface area contributed by atoms with Gasteiger partial charge in [-0.2, -0.15) is 0 Å². The standard InChI is InChI=1S/C21H31N3O2/c1-3-5-9-15-21(26,16-10-6-4-2)20(25)24-23-19-14-13-17-11-7-8-12-18(17)22-19/h7-8,11-14,26H,3-6,9-10,15-16H2,1-2H3,(H,22,23)(H,24,25). The third-order valence-electron chi connectivity index (χ3n) is 4.71. The Morgan fingerprint density at radius 1 is 1.00 bits per heavy atom. The van der Waals surface area contributed by atoms with E-state index < -0.39 is 5.60 Å². The molecular formula is C21H31N3O2. The third-order valence-corrected chi connectivity index (χ3v) is 4.71. The van der Waals surface area contributed by atoms with E-state index in [-0.39, 0.29) is 5.91 Å². The van der Waals surface area contributed by atoms with Crippen LogP contribution in [0.2, 0.25) is 0 Å². The summed E-state index contributed by atoms with van der Waals surface area (Å²) >= 11 is 0. The first-order chi connectivity index (χ1) is 12.6. The van der Waals surface area contributed by atoms with Crippen LogP contribution < -0.4 is 10.9 Å². The third kappa shape index (κ3) is 5.70. The lowest BCUT2D eigenvalue weighted by Crippen LogP contribution is -2.49. The Bertz CT molecular complexity index is 692. The minimum atomic E-state index is -1.33. The van der Waals surface area contributed by atoms with Crippen LogP contribution in [0.4, 0.5) is 5.82 Å². The zero-order valence-corrected chi connectivity index (χ0v) is 15.9. The van der Waals surface area contributed by atoms with Crippen LogP contribution in [0.15, 0.2) is 36.4 Å².